The van der Waals surface area contributed by atoms with Crippen molar-refractivity contribution < 1.29 is 18.0 Å². The van der Waals surface area contributed by atoms with Crippen molar-refractivity contribution in [3.63, 3.8) is 0 Å². The van der Waals surface area contributed by atoms with Crippen molar-refractivity contribution in [2.45, 2.75) is 25.6 Å². The molecule has 1 heterocycles. The van der Waals surface area contributed by atoms with Crippen LogP contribution < -0.4 is 5.32 Å². The standard InChI is InChI=1S/C10H9Cl2F3N2O/c1-5(3-10(13,14)15)17-9(18)6-2-8(12)16-4-7(6)11/h2,4-5H,3H2,1H3,(H,17,18). The van der Waals surface area contributed by atoms with Crippen molar-refractivity contribution in [1.82, 2.24) is 10.3 Å². The Labute approximate surface area is 111 Å². The van der Waals surface area contributed by atoms with E-state index in [1.807, 2.05) is 0 Å². The molecule has 0 spiro atoms. The zero-order chi connectivity index (χ0) is 13.9. The van der Waals surface area contributed by atoms with E-state index in [-0.39, 0.29) is 15.7 Å². The first-order valence-corrected chi connectivity index (χ1v) is 5.63. The molecule has 0 aliphatic carbocycles. The predicted molar refractivity (Wildman–Crippen MR) is 61.9 cm³/mol. The summed E-state index contributed by atoms with van der Waals surface area (Å²) in [6.45, 7) is 1.25. The molecule has 1 atom stereocenters. The number of rotatable bonds is 3. The van der Waals surface area contributed by atoms with E-state index in [2.05, 4.69) is 10.3 Å². The van der Waals surface area contributed by atoms with E-state index < -0.39 is 24.5 Å². The van der Waals surface area contributed by atoms with Crippen molar-refractivity contribution in [2.24, 2.45) is 0 Å². The van der Waals surface area contributed by atoms with Gasteiger partial charge in [0.05, 0.1) is 17.0 Å². The molecule has 1 amide bonds. The van der Waals surface area contributed by atoms with Crippen LogP contribution in [0.2, 0.25) is 10.2 Å². The molecule has 3 nitrogen and oxygen atoms in total. The molecule has 100 valence electrons. The molecular weight excluding hydrogens is 292 g/mol. The van der Waals surface area contributed by atoms with E-state index in [4.69, 9.17) is 23.2 Å². The molecule has 0 radical (unpaired) electrons. The van der Waals surface area contributed by atoms with Crippen LogP contribution in [-0.4, -0.2) is 23.1 Å². The van der Waals surface area contributed by atoms with Crippen LogP contribution in [0.4, 0.5) is 13.2 Å². The molecule has 1 rings (SSSR count). The quantitative estimate of drug-likeness (QED) is 0.869. The van der Waals surface area contributed by atoms with Crippen molar-refractivity contribution in [2.75, 3.05) is 0 Å². The second kappa shape index (κ2) is 5.75. The minimum Gasteiger partial charge on any atom is -0.349 e. The van der Waals surface area contributed by atoms with Gasteiger partial charge in [0.2, 0.25) is 0 Å². The van der Waals surface area contributed by atoms with E-state index in [0.717, 1.165) is 6.20 Å². The third-order valence-electron chi connectivity index (χ3n) is 1.98. The average molecular weight is 301 g/mol. The number of pyridine rings is 1. The molecule has 18 heavy (non-hydrogen) atoms. The number of carbonyl (C=O) groups excluding carboxylic acids is 1. The summed E-state index contributed by atoms with van der Waals surface area (Å²) in [6.07, 6.45) is -4.30. The molecule has 0 bridgehead atoms. The number of halogens is 5. The number of hydrogen-bond acceptors (Lipinski definition) is 2. The summed E-state index contributed by atoms with van der Waals surface area (Å²) in [5.41, 5.74) is -0.00862. The van der Waals surface area contributed by atoms with Crippen LogP contribution in [0.1, 0.15) is 23.7 Å². The lowest BCUT2D eigenvalue weighted by atomic mass is 10.2. The van der Waals surface area contributed by atoms with E-state index in [9.17, 15) is 18.0 Å². The molecule has 0 saturated carbocycles. The normalized spacial score (nSPS) is 13.2. The van der Waals surface area contributed by atoms with Gasteiger partial charge in [0.15, 0.2) is 0 Å². The number of nitrogens with zero attached hydrogens (tertiary/aromatic N) is 1. The number of hydrogen-bond donors (Lipinski definition) is 1. The van der Waals surface area contributed by atoms with E-state index in [1.165, 1.54) is 13.0 Å². The number of alkyl halides is 3. The molecule has 0 aromatic carbocycles. The van der Waals surface area contributed by atoms with Crippen LogP contribution in [0.3, 0.4) is 0 Å². The van der Waals surface area contributed by atoms with Crippen molar-refractivity contribution in [3.05, 3.63) is 28.0 Å². The van der Waals surface area contributed by atoms with Gasteiger partial charge < -0.3 is 5.32 Å². The van der Waals surface area contributed by atoms with Gasteiger partial charge in [-0.15, -0.1) is 0 Å². The Balaban J connectivity index is 2.74. The van der Waals surface area contributed by atoms with Gasteiger partial charge in [-0.05, 0) is 13.0 Å². The lowest BCUT2D eigenvalue weighted by Gasteiger charge is -2.16. The molecule has 1 aromatic heterocycles. The molecule has 1 N–H and O–H groups in total. The van der Waals surface area contributed by atoms with Crippen LogP contribution >= 0.6 is 23.2 Å². The van der Waals surface area contributed by atoms with Gasteiger partial charge in [0.1, 0.15) is 5.15 Å². The molecule has 0 aliphatic rings. The van der Waals surface area contributed by atoms with Gasteiger partial charge >= 0.3 is 6.18 Å². The molecule has 1 unspecified atom stereocenters. The Morgan fingerprint density at radius 1 is 1.50 bits per heavy atom. The third kappa shape index (κ3) is 4.70. The highest BCUT2D eigenvalue weighted by Crippen LogP contribution is 2.22. The maximum atomic E-state index is 12.1. The molecule has 0 aliphatic heterocycles. The molecule has 0 fully saturated rings. The van der Waals surface area contributed by atoms with Crippen LogP contribution in [-0.2, 0) is 0 Å². The average Bonchev–Trinajstić information content (AvgIpc) is 2.18. The van der Waals surface area contributed by atoms with Crippen LogP contribution in [0, 0.1) is 0 Å². The third-order valence-corrected chi connectivity index (χ3v) is 2.49. The molecule has 8 heteroatoms. The monoisotopic (exact) mass is 300 g/mol. The Morgan fingerprint density at radius 3 is 2.67 bits per heavy atom. The van der Waals surface area contributed by atoms with Crippen molar-refractivity contribution >= 4 is 29.1 Å². The molecular formula is C10H9Cl2F3N2O. The van der Waals surface area contributed by atoms with Gasteiger partial charge in [-0.25, -0.2) is 4.98 Å². The van der Waals surface area contributed by atoms with Gasteiger partial charge in [-0.3, -0.25) is 4.79 Å². The summed E-state index contributed by atoms with van der Waals surface area (Å²) in [6, 6.07) is 0.139. The van der Waals surface area contributed by atoms with Gasteiger partial charge in [0.25, 0.3) is 5.91 Å². The first-order valence-electron chi connectivity index (χ1n) is 4.87. The summed E-state index contributed by atoms with van der Waals surface area (Å²) >= 11 is 11.3. The Morgan fingerprint density at radius 2 is 2.11 bits per heavy atom. The predicted octanol–water partition coefficient (Wildman–Crippen LogP) is 3.46. The fraction of sp³-hybridized carbons (Fsp3) is 0.400. The minimum absolute atomic E-state index is 0.00862. The van der Waals surface area contributed by atoms with Gasteiger partial charge in [-0.2, -0.15) is 13.2 Å². The summed E-state index contributed by atoms with van der Waals surface area (Å²) in [5, 5.41) is 2.25. The maximum Gasteiger partial charge on any atom is 0.391 e. The summed E-state index contributed by atoms with van der Waals surface area (Å²) in [5.74, 6) is -0.721. The Bertz CT molecular complexity index is 451. The lowest BCUT2D eigenvalue weighted by molar-refractivity contribution is -0.138. The number of aromatic nitrogens is 1. The molecule has 1 aromatic rings. The lowest BCUT2D eigenvalue weighted by Crippen LogP contribution is -2.36. The van der Waals surface area contributed by atoms with Gasteiger partial charge in [-0.1, -0.05) is 23.2 Å². The summed E-state index contributed by atoms with van der Waals surface area (Å²) in [7, 11) is 0. The van der Waals surface area contributed by atoms with E-state index in [1.54, 1.807) is 0 Å². The Hall–Kier alpha value is -1.01. The first-order chi connectivity index (χ1) is 8.19. The van der Waals surface area contributed by atoms with Crippen LogP contribution in [0.15, 0.2) is 12.3 Å². The number of nitrogens with one attached hydrogen (secondary N) is 1. The highest BCUT2D eigenvalue weighted by Gasteiger charge is 2.30. The Kier molecular flexibility index (Phi) is 4.81. The van der Waals surface area contributed by atoms with Crippen LogP contribution in [0.25, 0.3) is 0 Å². The topological polar surface area (TPSA) is 42.0 Å². The van der Waals surface area contributed by atoms with Crippen molar-refractivity contribution in [1.29, 1.82) is 0 Å². The highest BCUT2D eigenvalue weighted by molar-refractivity contribution is 6.35. The minimum atomic E-state index is -4.34. The number of carbonyl (C=O) groups is 1. The van der Waals surface area contributed by atoms with Gasteiger partial charge in [0, 0.05) is 12.2 Å². The highest BCUT2D eigenvalue weighted by atomic mass is 35.5. The van der Waals surface area contributed by atoms with E-state index >= 15 is 0 Å². The zero-order valence-corrected chi connectivity index (χ0v) is 10.7. The van der Waals surface area contributed by atoms with Crippen LogP contribution in [0.5, 0.6) is 0 Å². The SMILES string of the molecule is CC(CC(F)(F)F)NC(=O)c1cc(Cl)ncc1Cl. The smallest absolute Gasteiger partial charge is 0.349 e. The largest absolute Gasteiger partial charge is 0.391 e. The number of amides is 1. The maximum absolute atomic E-state index is 12.1. The summed E-state index contributed by atoms with van der Waals surface area (Å²) < 4.78 is 36.3. The van der Waals surface area contributed by atoms with E-state index in [0.29, 0.717) is 0 Å². The summed E-state index contributed by atoms with van der Waals surface area (Å²) in [4.78, 5) is 15.3. The zero-order valence-electron chi connectivity index (χ0n) is 9.18. The second-order valence-electron chi connectivity index (χ2n) is 3.68. The van der Waals surface area contributed by atoms with Crippen molar-refractivity contribution in [3.8, 4) is 0 Å². The fourth-order valence-corrected chi connectivity index (χ4v) is 1.63. The molecule has 0 saturated heterocycles. The fourth-order valence-electron chi connectivity index (χ4n) is 1.29. The second-order valence-corrected chi connectivity index (χ2v) is 4.48. The first kappa shape index (κ1) is 15.0.